The van der Waals surface area contributed by atoms with E-state index in [-0.39, 0.29) is 17.9 Å². The number of H-pyrrole nitrogens is 1. The minimum absolute atomic E-state index is 0.0454. The number of anilines is 2. The minimum atomic E-state index is -0.554. The van der Waals surface area contributed by atoms with Crippen molar-refractivity contribution < 1.29 is 9.53 Å². The fraction of sp³-hybridized carbons (Fsp3) is 0.333. The van der Waals surface area contributed by atoms with Crippen LogP contribution in [-0.2, 0) is 4.79 Å². The first kappa shape index (κ1) is 22.1. The highest BCUT2D eigenvalue weighted by Gasteiger charge is 2.38. The summed E-state index contributed by atoms with van der Waals surface area (Å²) in [4.78, 5) is 16.2. The topological polar surface area (TPSA) is 143 Å². The molecule has 2 aliphatic rings. The molecular formula is C24H30N8O2. The number of carbonyl (C=O) groups excluding carboxylic acids is 1. The maximum atomic E-state index is 12.0. The van der Waals surface area contributed by atoms with Gasteiger partial charge in [0.05, 0.1) is 36.5 Å². The third-order valence-electron chi connectivity index (χ3n) is 6.87. The van der Waals surface area contributed by atoms with Gasteiger partial charge in [-0.1, -0.05) is 6.07 Å². The van der Waals surface area contributed by atoms with Crippen molar-refractivity contribution in [1.82, 2.24) is 15.2 Å². The van der Waals surface area contributed by atoms with Crippen LogP contribution < -0.4 is 31.8 Å². The molecule has 2 unspecified atom stereocenters. The summed E-state index contributed by atoms with van der Waals surface area (Å²) in [5.41, 5.74) is 16.1. The third kappa shape index (κ3) is 3.91. The van der Waals surface area contributed by atoms with Gasteiger partial charge >= 0.3 is 0 Å². The van der Waals surface area contributed by atoms with Gasteiger partial charge in [0.15, 0.2) is 6.29 Å². The maximum absolute atomic E-state index is 12.0. The van der Waals surface area contributed by atoms with Gasteiger partial charge in [-0.15, -0.1) is 0 Å². The number of piperidine rings is 1. The van der Waals surface area contributed by atoms with E-state index in [4.69, 9.17) is 22.0 Å². The Kier molecular flexibility index (Phi) is 5.76. The van der Waals surface area contributed by atoms with Crippen LogP contribution in [0.15, 0.2) is 60.4 Å². The average molecular weight is 463 g/mol. The molecule has 7 N–H and O–H groups in total. The first-order valence-electron chi connectivity index (χ1n) is 11.4. The molecule has 10 nitrogen and oxygen atoms in total. The molecule has 1 saturated heterocycles. The molecule has 0 saturated carbocycles. The normalized spacial score (nSPS) is 23.2. The molecule has 3 heterocycles. The lowest BCUT2D eigenvalue weighted by atomic mass is 9.89. The number of hydrogen-bond donors (Lipinski definition) is 4. The van der Waals surface area contributed by atoms with Gasteiger partial charge in [-0.05, 0) is 49.2 Å². The van der Waals surface area contributed by atoms with Crippen molar-refractivity contribution >= 4 is 28.2 Å². The van der Waals surface area contributed by atoms with E-state index in [1.165, 1.54) is 0 Å². The molecule has 1 fully saturated rings. The molecule has 3 aromatic rings. The zero-order chi connectivity index (χ0) is 23.8. The van der Waals surface area contributed by atoms with Crippen molar-refractivity contribution in [3.63, 3.8) is 0 Å². The Morgan fingerprint density at radius 3 is 2.76 bits per heavy atom. The number of nitrogens with two attached hydrogens (primary N) is 3. The number of aromatic nitrogens is 2. The van der Waals surface area contributed by atoms with Crippen molar-refractivity contribution in [2.45, 2.75) is 25.2 Å². The molecule has 2 aliphatic heterocycles. The molecule has 3 atom stereocenters. The summed E-state index contributed by atoms with van der Waals surface area (Å²) in [5.74, 6) is 6.83. The molecule has 0 bridgehead atoms. The van der Waals surface area contributed by atoms with Crippen molar-refractivity contribution in [2.75, 3.05) is 30.0 Å². The Hall–Kier alpha value is -3.76. The van der Waals surface area contributed by atoms with Gasteiger partial charge in [0, 0.05) is 35.9 Å². The predicted octanol–water partition coefficient (Wildman–Crippen LogP) is 1.46. The zero-order valence-corrected chi connectivity index (χ0v) is 19.1. The van der Waals surface area contributed by atoms with E-state index in [0.29, 0.717) is 19.5 Å². The summed E-state index contributed by atoms with van der Waals surface area (Å²) in [6.07, 6.45) is 4.78. The van der Waals surface area contributed by atoms with Crippen LogP contribution in [0.2, 0.25) is 0 Å². The maximum Gasteiger partial charge on any atom is 0.222 e. The lowest BCUT2D eigenvalue weighted by molar-refractivity contribution is -0.122. The molecule has 1 aromatic heterocycles. The van der Waals surface area contributed by atoms with Crippen molar-refractivity contribution in [2.24, 2.45) is 23.2 Å². The molecule has 5 rings (SSSR count). The van der Waals surface area contributed by atoms with E-state index >= 15 is 0 Å². The quantitative estimate of drug-likeness (QED) is 0.418. The molecule has 0 radical (unpaired) electrons. The lowest BCUT2D eigenvalue weighted by Gasteiger charge is -2.48. The second-order valence-corrected chi connectivity index (χ2v) is 8.79. The van der Waals surface area contributed by atoms with Crippen molar-refractivity contribution in [3.8, 4) is 5.75 Å². The summed E-state index contributed by atoms with van der Waals surface area (Å²) >= 11 is 0. The number of nitrogens with one attached hydrogen (secondary N) is 1. The van der Waals surface area contributed by atoms with Crippen LogP contribution in [0.3, 0.4) is 0 Å². The summed E-state index contributed by atoms with van der Waals surface area (Å²) in [7, 11) is 1.64. The van der Waals surface area contributed by atoms with E-state index < -0.39 is 6.29 Å². The number of rotatable bonds is 5. The first-order chi connectivity index (χ1) is 16.5. The number of primary amides is 1. The van der Waals surface area contributed by atoms with Crippen LogP contribution in [0, 0.1) is 5.92 Å². The fourth-order valence-electron chi connectivity index (χ4n) is 4.96. The number of fused-ring (bicyclic) bond motifs is 1. The molecule has 10 heteroatoms. The molecule has 2 aromatic carbocycles. The number of aromatic amines is 1. The van der Waals surface area contributed by atoms with Crippen LogP contribution in [0.1, 0.15) is 12.8 Å². The van der Waals surface area contributed by atoms with Crippen molar-refractivity contribution in [3.05, 3.63) is 60.4 Å². The standard InChI is InChI=1S/C24H30N8O2/c1-34-19-4-2-3-17(11-19)31-14-16(23(25)33)6-8-21(31)22-9-10-30(24(26)32(22)27)18-7-5-15-13-28-29-20(15)12-18/h2-5,7,9,11-13,16,21,24H,6,8,10,14,26-27H2,1H3,(H2,25,33)(H,28,29)/t16-,21?,24?/m0/s1. The number of amides is 1. The highest BCUT2D eigenvalue weighted by Crippen LogP contribution is 2.35. The summed E-state index contributed by atoms with van der Waals surface area (Å²) < 4.78 is 5.42. The average Bonchev–Trinajstić information content (AvgIpc) is 3.33. The molecule has 0 aliphatic carbocycles. The second-order valence-electron chi connectivity index (χ2n) is 8.79. The summed E-state index contributed by atoms with van der Waals surface area (Å²) in [5, 5.41) is 9.76. The van der Waals surface area contributed by atoms with Crippen LogP contribution in [0.25, 0.3) is 10.9 Å². The van der Waals surface area contributed by atoms with Gasteiger partial charge in [-0.25, -0.2) is 5.84 Å². The van der Waals surface area contributed by atoms with Gasteiger partial charge < -0.3 is 20.3 Å². The Morgan fingerprint density at radius 2 is 1.97 bits per heavy atom. The summed E-state index contributed by atoms with van der Waals surface area (Å²) in [6.45, 7) is 1.11. The molecule has 178 valence electrons. The molecule has 0 spiro atoms. The monoisotopic (exact) mass is 462 g/mol. The second kappa shape index (κ2) is 8.88. The smallest absolute Gasteiger partial charge is 0.222 e. The van der Waals surface area contributed by atoms with Gasteiger partial charge in [0.2, 0.25) is 5.91 Å². The number of methoxy groups -OCH3 is 1. The van der Waals surface area contributed by atoms with E-state index in [1.54, 1.807) is 18.3 Å². The number of benzene rings is 2. The fourth-order valence-corrected chi connectivity index (χ4v) is 4.96. The molecule has 34 heavy (non-hydrogen) atoms. The third-order valence-corrected chi connectivity index (χ3v) is 6.87. The van der Waals surface area contributed by atoms with Crippen LogP contribution in [-0.4, -0.2) is 53.6 Å². The molecular weight excluding hydrogens is 432 g/mol. The first-order valence-corrected chi connectivity index (χ1v) is 11.4. The van der Waals surface area contributed by atoms with Gasteiger partial charge in [0.1, 0.15) is 5.75 Å². The Balaban J connectivity index is 1.45. The Morgan fingerprint density at radius 1 is 1.15 bits per heavy atom. The number of hydrogen-bond acceptors (Lipinski definition) is 8. The number of nitrogens with zero attached hydrogens (tertiary/aromatic N) is 4. The summed E-state index contributed by atoms with van der Waals surface area (Å²) in [6, 6.07) is 13.8. The van der Waals surface area contributed by atoms with Gasteiger partial charge in [0.25, 0.3) is 0 Å². The Labute approximate surface area is 197 Å². The SMILES string of the molecule is COc1cccc(N2C[C@@H](C(N)=O)CCC2C2=CCN(c3ccc4cn[nH]c4c3)C(N)N2N)c1. The predicted molar refractivity (Wildman–Crippen MR) is 132 cm³/mol. The number of hydrazine groups is 1. The van der Waals surface area contributed by atoms with E-state index in [0.717, 1.165) is 40.1 Å². The minimum Gasteiger partial charge on any atom is -0.497 e. The van der Waals surface area contributed by atoms with Gasteiger partial charge in [-0.3, -0.25) is 20.6 Å². The van der Waals surface area contributed by atoms with E-state index in [9.17, 15) is 4.79 Å². The number of carbonyl (C=O) groups is 1. The zero-order valence-electron chi connectivity index (χ0n) is 19.1. The van der Waals surface area contributed by atoms with E-state index in [1.807, 2.05) is 47.4 Å². The van der Waals surface area contributed by atoms with Gasteiger partial charge in [-0.2, -0.15) is 5.10 Å². The van der Waals surface area contributed by atoms with E-state index in [2.05, 4.69) is 21.2 Å². The van der Waals surface area contributed by atoms with Crippen LogP contribution in [0.5, 0.6) is 5.75 Å². The molecule has 1 amide bonds. The van der Waals surface area contributed by atoms with Crippen LogP contribution in [0.4, 0.5) is 11.4 Å². The highest BCUT2D eigenvalue weighted by atomic mass is 16.5. The van der Waals surface area contributed by atoms with Crippen LogP contribution >= 0.6 is 0 Å². The van der Waals surface area contributed by atoms with Crippen molar-refractivity contribution in [1.29, 1.82) is 0 Å². The Bertz CT molecular complexity index is 1220. The number of ether oxygens (including phenoxy) is 1. The highest BCUT2D eigenvalue weighted by molar-refractivity contribution is 5.82. The largest absolute Gasteiger partial charge is 0.497 e. The lowest BCUT2D eigenvalue weighted by Crippen LogP contribution is -2.63.